The van der Waals surface area contributed by atoms with Crippen molar-refractivity contribution in [3.63, 3.8) is 0 Å². The maximum atomic E-state index is 13.7. The summed E-state index contributed by atoms with van der Waals surface area (Å²) in [5.74, 6) is -0.561. The van der Waals surface area contributed by atoms with Crippen LogP contribution in [0.1, 0.15) is 55.2 Å². The summed E-state index contributed by atoms with van der Waals surface area (Å²) in [6.45, 7) is 1.96. The molecule has 29 heavy (non-hydrogen) atoms. The molecule has 1 fully saturated rings. The predicted octanol–water partition coefficient (Wildman–Crippen LogP) is 2.81. The molecule has 2 N–H and O–H groups in total. The summed E-state index contributed by atoms with van der Waals surface area (Å²) in [4.78, 5) is 24.6. The van der Waals surface area contributed by atoms with Crippen molar-refractivity contribution in [2.45, 2.75) is 62.0 Å². The van der Waals surface area contributed by atoms with E-state index in [-0.39, 0.29) is 29.3 Å². The number of aromatic nitrogens is 3. The van der Waals surface area contributed by atoms with Crippen LogP contribution in [0.3, 0.4) is 0 Å². The molecule has 1 aromatic heterocycles. The molecule has 0 aliphatic heterocycles. The first-order chi connectivity index (χ1) is 14.0. The van der Waals surface area contributed by atoms with Crippen LogP contribution in [0.15, 0.2) is 29.4 Å². The van der Waals surface area contributed by atoms with Gasteiger partial charge < -0.3 is 15.2 Å². The largest absolute Gasteiger partial charge is 0.352 e. The molecule has 1 aromatic carbocycles. The number of hydrogen-bond donors (Lipinski definition) is 2. The van der Waals surface area contributed by atoms with E-state index in [1.807, 2.05) is 6.92 Å². The van der Waals surface area contributed by atoms with Crippen molar-refractivity contribution in [2.24, 2.45) is 7.05 Å². The van der Waals surface area contributed by atoms with E-state index >= 15 is 0 Å². The van der Waals surface area contributed by atoms with Crippen LogP contribution in [0.25, 0.3) is 0 Å². The van der Waals surface area contributed by atoms with Crippen LogP contribution in [0, 0.1) is 5.82 Å². The van der Waals surface area contributed by atoms with Crippen molar-refractivity contribution in [1.82, 2.24) is 25.4 Å². The van der Waals surface area contributed by atoms with E-state index in [9.17, 15) is 14.0 Å². The topological polar surface area (TPSA) is 88.9 Å². The number of nitrogens with one attached hydrogen (secondary N) is 2. The number of carbonyl (C=O) groups excluding carboxylic acids is 2. The van der Waals surface area contributed by atoms with Crippen molar-refractivity contribution in [3.8, 4) is 0 Å². The summed E-state index contributed by atoms with van der Waals surface area (Å²) in [6, 6.07) is 6.07. The molecule has 1 aliphatic rings. The highest BCUT2D eigenvalue weighted by Gasteiger charge is 2.22. The minimum absolute atomic E-state index is 0.000643. The normalized spacial score (nSPS) is 15.7. The van der Waals surface area contributed by atoms with Crippen LogP contribution in [-0.4, -0.2) is 37.9 Å². The summed E-state index contributed by atoms with van der Waals surface area (Å²) in [6.07, 6.45) is 5.65. The first kappa shape index (κ1) is 21.3. The minimum Gasteiger partial charge on any atom is -0.352 e. The van der Waals surface area contributed by atoms with Gasteiger partial charge in [-0.25, -0.2) is 4.39 Å². The second-order valence-electron chi connectivity index (χ2n) is 7.22. The Kier molecular flexibility index (Phi) is 7.24. The van der Waals surface area contributed by atoms with Gasteiger partial charge in [-0.15, -0.1) is 10.2 Å². The lowest BCUT2D eigenvalue weighted by atomic mass is 9.95. The van der Waals surface area contributed by atoms with E-state index in [4.69, 9.17) is 0 Å². The number of thioether (sulfide) groups is 1. The van der Waals surface area contributed by atoms with Crippen LogP contribution in [-0.2, 0) is 18.4 Å². The van der Waals surface area contributed by atoms with E-state index in [0.717, 1.165) is 25.7 Å². The molecule has 1 heterocycles. The van der Waals surface area contributed by atoms with Crippen molar-refractivity contribution in [1.29, 1.82) is 0 Å². The second kappa shape index (κ2) is 9.87. The average Bonchev–Trinajstić information content (AvgIpc) is 3.06. The lowest BCUT2D eigenvalue weighted by molar-refractivity contribution is -0.121. The molecule has 1 atom stereocenters. The van der Waals surface area contributed by atoms with Gasteiger partial charge in [0.05, 0.1) is 17.4 Å². The molecule has 1 saturated carbocycles. The quantitative estimate of drug-likeness (QED) is 0.674. The van der Waals surface area contributed by atoms with E-state index in [2.05, 4.69) is 20.8 Å². The van der Waals surface area contributed by atoms with Crippen molar-refractivity contribution in [2.75, 3.05) is 0 Å². The van der Waals surface area contributed by atoms with E-state index < -0.39 is 11.7 Å². The van der Waals surface area contributed by atoms with Crippen LogP contribution in [0.2, 0.25) is 0 Å². The van der Waals surface area contributed by atoms with Gasteiger partial charge >= 0.3 is 0 Å². The number of rotatable bonds is 7. The zero-order chi connectivity index (χ0) is 20.8. The van der Waals surface area contributed by atoms with Gasteiger partial charge in [-0.3, -0.25) is 9.59 Å². The first-order valence-electron chi connectivity index (χ1n) is 9.83. The summed E-state index contributed by atoms with van der Waals surface area (Å²) >= 11 is 1.33. The third-order valence-corrected chi connectivity index (χ3v) is 6.19. The Morgan fingerprint density at radius 3 is 2.69 bits per heavy atom. The SMILES string of the molecule is C[C@@H](Sc1nnc(CNC(=O)c2ccccc2F)n1C)C(=O)NC1CCCCC1. The monoisotopic (exact) mass is 419 g/mol. The molecule has 156 valence electrons. The zero-order valence-corrected chi connectivity index (χ0v) is 17.5. The maximum Gasteiger partial charge on any atom is 0.254 e. The van der Waals surface area contributed by atoms with Crippen molar-refractivity contribution in [3.05, 3.63) is 41.5 Å². The van der Waals surface area contributed by atoms with Crippen molar-refractivity contribution >= 4 is 23.6 Å². The standard InChI is InChI=1S/C20H26FN5O2S/c1-13(18(27)23-14-8-4-3-5-9-14)29-20-25-24-17(26(20)2)12-22-19(28)15-10-6-7-11-16(15)21/h6-7,10-11,13-14H,3-5,8-9,12H2,1-2H3,(H,22,28)(H,23,27)/t13-/m1/s1. The molecule has 7 nitrogen and oxygen atoms in total. The maximum absolute atomic E-state index is 13.7. The lowest BCUT2D eigenvalue weighted by Gasteiger charge is -2.24. The Balaban J connectivity index is 1.54. The van der Waals surface area contributed by atoms with Crippen LogP contribution >= 0.6 is 11.8 Å². The van der Waals surface area contributed by atoms with Gasteiger partial charge in [0.15, 0.2) is 11.0 Å². The van der Waals surface area contributed by atoms with Crippen LogP contribution in [0.5, 0.6) is 0 Å². The summed E-state index contributed by atoms with van der Waals surface area (Å²) in [5.41, 5.74) is -0.0164. The molecule has 0 bridgehead atoms. The van der Waals surface area contributed by atoms with Gasteiger partial charge in [0.2, 0.25) is 5.91 Å². The number of benzene rings is 1. The molecule has 0 unspecified atom stereocenters. The Labute approximate surface area is 173 Å². The van der Waals surface area contributed by atoms with Crippen LogP contribution < -0.4 is 10.6 Å². The fourth-order valence-electron chi connectivity index (χ4n) is 3.28. The number of carbonyl (C=O) groups is 2. The second-order valence-corrected chi connectivity index (χ2v) is 8.53. The molecule has 0 saturated heterocycles. The van der Waals surface area contributed by atoms with E-state index in [1.165, 1.54) is 36.4 Å². The summed E-state index contributed by atoms with van der Waals surface area (Å²) < 4.78 is 15.4. The van der Waals surface area contributed by atoms with Gasteiger partial charge in [0, 0.05) is 13.1 Å². The third-order valence-electron chi connectivity index (χ3n) is 5.05. The molecule has 9 heteroatoms. The molecule has 2 aromatic rings. The number of amides is 2. The van der Waals surface area contributed by atoms with Gasteiger partial charge in [-0.2, -0.15) is 0 Å². The molecule has 0 spiro atoms. The summed E-state index contributed by atoms with van der Waals surface area (Å²) in [5, 5.41) is 14.3. The third kappa shape index (κ3) is 5.56. The molecular formula is C20H26FN5O2S. The predicted molar refractivity (Wildman–Crippen MR) is 109 cm³/mol. The van der Waals surface area contributed by atoms with E-state index in [0.29, 0.717) is 11.0 Å². The molecular weight excluding hydrogens is 393 g/mol. The number of hydrogen-bond acceptors (Lipinski definition) is 5. The summed E-state index contributed by atoms with van der Waals surface area (Å²) in [7, 11) is 1.78. The molecule has 1 aliphatic carbocycles. The number of halogens is 1. The molecule has 2 amide bonds. The highest BCUT2D eigenvalue weighted by molar-refractivity contribution is 8.00. The Hall–Kier alpha value is -2.42. The van der Waals surface area contributed by atoms with Gasteiger partial charge in [-0.05, 0) is 31.9 Å². The number of nitrogens with zero attached hydrogens (tertiary/aromatic N) is 3. The fraction of sp³-hybridized carbons (Fsp3) is 0.500. The smallest absolute Gasteiger partial charge is 0.254 e. The van der Waals surface area contributed by atoms with Crippen LogP contribution in [0.4, 0.5) is 4.39 Å². The average molecular weight is 420 g/mol. The minimum atomic E-state index is -0.572. The Morgan fingerprint density at radius 2 is 1.97 bits per heavy atom. The first-order valence-corrected chi connectivity index (χ1v) is 10.7. The lowest BCUT2D eigenvalue weighted by Crippen LogP contribution is -2.40. The molecule has 3 rings (SSSR count). The van der Waals surface area contributed by atoms with Gasteiger partial charge in [-0.1, -0.05) is 43.2 Å². The highest BCUT2D eigenvalue weighted by Crippen LogP contribution is 2.23. The zero-order valence-electron chi connectivity index (χ0n) is 16.7. The fourth-order valence-corrected chi connectivity index (χ4v) is 4.12. The van der Waals surface area contributed by atoms with E-state index in [1.54, 1.807) is 17.7 Å². The van der Waals surface area contributed by atoms with Gasteiger partial charge in [0.1, 0.15) is 5.82 Å². The highest BCUT2D eigenvalue weighted by atomic mass is 32.2. The molecule has 0 radical (unpaired) electrons. The Bertz CT molecular complexity index is 866. The Morgan fingerprint density at radius 1 is 1.24 bits per heavy atom. The van der Waals surface area contributed by atoms with Crippen molar-refractivity contribution < 1.29 is 14.0 Å². The van der Waals surface area contributed by atoms with Gasteiger partial charge in [0.25, 0.3) is 5.91 Å².